The molecule has 1 saturated heterocycles. The summed E-state index contributed by atoms with van der Waals surface area (Å²) in [4.78, 5) is 55.6. The Hall–Kier alpha value is -3.43. The van der Waals surface area contributed by atoms with Gasteiger partial charge in [-0.25, -0.2) is 9.18 Å². The fourth-order valence-corrected chi connectivity index (χ4v) is 4.83. The van der Waals surface area contributed by atoms with Crippen LogP contribution in [0, 0.1) is 11.7 Å². The van der Waals surface area contributed by atoms with Crippen LogP contribution in [0.2, 0.25) is 0 Å². The van der Waals surface area contributed by atoms with Gasteiger partial charge >= 0.3 is 12.0 Å². The van der Waals surface area contributed by atoms with Gasteiger partial charge in [-0.05, 0) is 44.4 Å². The highest BCUT2D eigenvalue weighted by Crippen LogP contribution is 2.36. The summed E-state index contributed by atoms with van der Waals surface area (Å²) in [6.45, 7) is 5.10. The second-order valence-corrected chi connectivity index (χ2v) is 8.61. The van der Waals surface area contributed by atoms with E-state index >= 15 is 0 Å². The summed E-state index contributed by atoms with van der Waals surface area (Å²) < 4.78 is 18.9. The number of ether oxygens (including phenoxy) is 1. The van der Waals surface area contributed by atoms with E-state index in [1.165, 1.54) is 28.0 Å². The summed E-state index contributed by atoms with van der Waals surface area (Å²) in [5, 5.41) is 2.80. The highest BCUT2D eigenvalue weighted by atomic mass is 19.1. The lowest BCUT2D eigenvalue weighted by Crippen LogP contribution is -2.47. The highest BCUT2D eigenvalue weighted by Gasteiger charge is 2.44. The Balaban J connectivity index is 1.47. The van der Waals surface area contributed by atoms with Crippen LogP contribution in [0.15, 0.2) is 35.5 Å². The Labute approximate surface area is 197 Å². The van der Waals surface area contributed by atoms with Crippen LogP contribution in [0.25, 0.3) is 0 Å². The summed E-state index contributed by atoms with van der Waals surface area (Å²) in [6.07, 6.45) is 1.05. The molecular weight excluding hydrogens is 443 g/mol. The number of piperidine rings is 1. The SMILES string of the molecule is CCOC(=O)C1CCN(C(=O)CN2CC3=C(C2=O)[C@H](c2cccc(F)c2)NC(=O)N3CC)CC1. The largest absolute Gasteiger partial charge is 0.466 e. The van der Waals surface area contributed by atoms with Crippen molar-refractivity contribution in [2.45, 2.75) is 32.7 Å². The van der Waals surface area contributed by atoms with E-state index in [0.29, 0.717) is 55.9 Å². The van der Waals surface area contributed by atoms with E-state index in [1.54, 1.807) is 24.8 Å². The molecule has 0 aromatic heterocycles. The minimum atomic E-state index is -0.783. The third-order valence-electron chi connectivity index (χ3n) is 6.59. The first-order chi connectivity index (χ1) is 16.3. The Morgan fingerprint density at radius 1 is 1.18 bits per heavy atom. The minimum Gasteiger partial charge on any atom is -0.466 e. The number of nitrogens with zero attached hydrogens (tertiary/aromatic N) is 3. The van der Waals surface area contributed by atoms with Gasteiger partial charge in [-0.1, -0.05) is 12.1 Å². The molecule has 3 heterocycles. The van der Waals surface area contributed by atoms with Gasteiger partial charge < -0.3 is 19.9 Å². The summed E-state index contributed by atoms with van der Waals surface area (Å²) in [7, 11) is 0. The number of rotatable bonds is 6. The van der Waals surface area contributed by atoms with Crippen molar-refractivity contribution in [2.24, 2.45) is 5.92 Å². The molecule has 0 saturated carbocycles. The van der Waals surface area contributed by atoms with E-state index in [0.717, 1.165) is 0 Å². The number of hydrogen-bond acceptors (Lipinski definition) is 5. The molecule has 182 valence electrons. The maximum absolute atomic E-state index is 13.9. The number of nitrogens with one attached hydrogen (secondary N) is 1. The Kier molecular flexibility index (Phi) is 6.85. The van der Waals surface area contributed by atoms with E-state index in [1.807, 2.05) is 0 Å². The van der Waals surface area contributed by atoms with E-state index in [9.17, 15) is 23.6 Å². The van der Waals surface area contributed by atoms with Crippen molar-refractivity contribution in [1.29, 1.82) is 0 Å². The smallest absolute Gasteiger partial charge is 0.322 e. The molecule has 1 fully saturated rings. The van der Waals surface area contributed by atoms with Gasteiger partial charge in [0.2, 0.25) is 5.91 Å². The van der Waals surface area contributed by atoms with Crippen molar-refractivity contribution in [1.82, 2.24) is 20.0 Å². The number of halogens is 1. The van der Waals surface area contributed by atoms with E-state index in [2.05, 4.69) is 5.32 Å². The number of carbonyl (C=O) groups is 4. The molecular formula is C24H29FN4O5. The molecule has 0 aliphatic carbocycles. The van der Waals surface area contributed by atoms with Crippen LogP contribution in [0.3, 0.4) is 0 Å². The molecule has 4 amide bonds. The average Bonchev–Trinajstić information content (AvgIpc) is 3.14. The third kappa shape index (κ3) is 4.49. The van der Waals surface area contributed by atoms with Gasteiger partial charge in [-0.15, -0.1) is 0 Å². The first-order valence-corrected chi connectivity index (χ1v) is 11.6. The lowest BCUT2D eigenvalue weighted by atomic mass is 9.95. The zero-order valence-corrected chi connectivity index (χ0v) is 19.4. The number of amides is 4. The minimum absolute atomic E-state index is 0.127. The molecule has 1 atom stereocenters. The molecule has 1 aromatic rings. The number of likely N-dealkylation sites (tertiary alicyclic amines) is 1. The lowest BCUT2D eigenvalue weighted by molar-refractivity contribution is -0.151. The number of likely N-dealkylation sites (N-methyl/N-ethyl adjacent to an activating group) is 1. The van der Waals surface area contributed by atoms with Crippen molar-refractivity contribution in [2.75, 3.05) is 39.3 Å². The first kappa shape index (κ1) is 23.7. The third-order valence-corrected chi connectivity index (χ3v) is 6.59. The molecule has 34 heavy (non-hydrogen) atoms. The van der Waals surface area contributed by atoms with E-state index < -0.39 is 11.9 Å². The fraction of sp³-hybridized carbons (Fsp3) is 0.500. The summed E-state index contributed by atoms with van der Waals surface area (Å²) in [6, 6.07) is 4.64. The predicted molar refractivity (Wildman–Crippen MR) is 120 cm³/mol. The van der Waals surface area contributed by atoms with Crippen molar-refractivity contribution < 1.29 is 28.3 Å². The summed E-state index contributed by atoms with van der Waals surface area (Å²) in [5.74, 6) is -1.47. The van der Waals surface area contributed by atoms with E-state index in [4.69, 9.17) is 4.74 Å². The highest BCUT2D eigenvalue weighted by molar-refractivity contribution is 6.03. The fourth-order valence-electron chi connectivity index (χ4n) is 4.83. The van der Waals surface area contributed by atoms with Crippen molar-refractivity contribution >= 4 is 23.8 Å². The van der Waals surface area contributed by atoms with Gasteiger partial charge in [0, 0.05) is 19.6 Å². The zero-order chi connectivity index (χ0) is 24.4. The predicted octanol–water partition coefficient (Wildman–Crippen LogP) is 1.81. The summed E-state index contributed by atoms with van der Waals surface area (Å²) >= 11 is 0. The monoisotopic (exact) mass is 472 g/mol. The Morgan fingerprint density at radius 2 is 1.91 bits per heavy atom. The van der Waals surface area contributed by atoms with Crippen LogP contribution in [-0.4, -0.2) is 77.8 Å². The Morgan fingerprint density at radius 3 is 2.56 bits per heavy atom. The normalized spacial score (nSPS) is 21.0. The van der Waals surface area contributed by atoms with Gasteiger partial charge in [0.15, 0.2) is 0 Å². The molecule has 0 unspecified atom stereocenters. The lowest BCUT2D eigenvalue weighted by Gasteiger charge is -2.32. The number of hydrogen-bond donors (Lipinski definition) is 1. The van der Waals surface area contributed by atoms with Crippen molar-refractivity contribution in [3.63, 3.8) is 0 Å². The number of esters is 1. The maximum Gasteiger partial charge on any atom is 0.322 e. The second kappa shape index (κ2) is 9.82. The van der Waals surface area contributed by atoms with Crippen molar-refractivity contribution in [3.05, 3.63) is 46.9 Å². The number of urea groups is 1. The van der Waals surface area contributed by atoms with Gasteiger partial charge in [-0.2, -0.15) is 0 Å². The molecule has 3 aliphatic heterocycles. The van der Waals surface area contributed by atoms with Crippen LogP contribution in [0.5, 0.6) is 0 Å². The van der Waals surface area contributed by atoms with Crippen LogP contribution in [-0.2, 0) is 19.1 Å². The topological polar surface area (TPSA) is 99.3 Å². The zero-order valence-electron chi connectivity index (χ0n) is 19.4. The maximum atomic E-state index is 13.9. The number of benzene rings is 1. The van der Waals surface area contributed by atoms with Crippen LogP contribution in [0.1, 0.15) is 38.3 Å². The van der Waals surface area contributed by atoms with Gasteiger partial charge in [-0.3, -0.25) is 19.3 Å². The molecule has 0 spiro atoms. The molecule has 9 nitrogen and oxygen atoms in total. The van der Waals surface area contributed by atoms with E-state index in [-0.39, 0.29) is 42.8 Å². The molecule has 1 N–H and O–H groups in total. The van der Waals surface area contributed by atoms with Gasteiger partial charge in [0.25, 0.3) is 5.91 Å². The molecule has 0 radical (unpaired) electrons. The van der Waals surface area contributed by atoms with Gasteiger partial charge in [0.05, 0.1) is 36.4 Å². The molecule has 0 bridgehead atoms. The summed E-state index contributed by atoms with van der Waals surface area (Å²) in [5.41, 5.74) is 1.37. The standard InChI is InChI=1S/C24H29FN4O5/c1-3-29-18-13-28(14-19(30)27-10-8-15(9-11-27)23(32)34-4-2)22(31)20(18)21(26-24(29)33)16-6-5-7-17(25)12-16/h5-7,12,15,21H,3-4,8-11,13-14H2,1-2H3,(H,26,33)/t21-/m0/s1. The van der Waals surface area contributed by atoms with Gasteiger partial charge in [0.1, 0.15) is 12.4 Å². The first-order valence-electron chi connectivity index (χ1n) is 11.6. The molecule has 10 heteroatoms. The molecule has 3 aliphatic rings. The average molecular weight is 473 g/mol. The van der Waals surface area contributed by atoms with Crippen LogP contribution >= 0.6 is 0 Å². The van der Waals surface area contributed by atoms with Crippen LogP contribution < -0.4 is 5.32 Å². The molecule has 4 rings (SSSR count). The number of carbonyl (C=O) groups excluding carboxylic acids is 4. The van der Waals surface area contributed by atoms with Crippen molar-refractivity contribution in [3.8, 4) is 0 Å². The molecule has 1 aromatic carbocycles. The quantitative estimate of drug-likeness (QED) is 0.637. The van der Waals surface area contributed by atoms with Crippen LogP contribution in [0.4, 0.5) is 9.18 Å². The Bertz CT molecular complexity index is 1030. The second-order valence-electron chi connectivity index (χ2n) is 8.61.